The molecule has 1 aliphatic rings. The van der Waals surface area contributed by atoms with E-state index in [0.717, 1.165) is 22.7 Å². The van der Waals surface area contributed by atoms with E-state index in [0.29, 0.717) is 29.2 Å². The van der Waals surface area contributed by atoms with E-state index in [2.05, 4.69) is 4.98 Å². The summed E-state index contributed by atoms with van der Waals surface area (Å²) in [6.45, 7) is 4.04. The molecule has 1 amide bonds. The van der Waals surface area contributed by atoms with E-state index >= 15 is 0 Å². The van der Waals surface area contributed by atoms with Crippen LogP contribution < -0.4 is 9.64 Å². The van der Waals surface area contributed by atoms with Crippen LogP contribution in [0.1, 0.15) is 45.9 Å². The molecule has 1 fully saturated rings. The van der Waals surface area contributed by atoms with Crippen LogP contribution in [0.4, 0.5) is 5.13 Å². The molecule has 1 atom stereocenters. The van der Waals surface area contributed by atoms with Crippen LogP contribution in [0, 0.1) is 6.92 Å². The van der Waals surface area contributed by atoms with Crippen LogP contribution in [0.3, 0.4) is 0 Å². The molecule has 1 aromatic heterocycles. The van der Waals surface area contributed by atoms with E-state index in [4.69, 9.17) is 32.7 Å². The Labute approximate surface area is 227 Å². The average Bonchev–Trinajstić information content (AvgIpc) is 3.40. The van der Waals surface area contributed by atoms with Crippen molar-refractivity contribution in [3.05, 3.63) is 79.8 Å². The summed E-state index contributed by atoms with van der Waals surface area (Å²) in [6.07, 6.45) is 0.791. The number of halogens is 2. The fourth-order valence-electron chi connectivity index (χ4n) is 3.90. The van der Waals surface area contributed by atoms with E-state index in [1.165, 1.54) is 19.2 Å². The van der Waals surface area contributed by atoms with Gasteiger partial charge in [-0.05, 0) is 43.2 Å². The lowest BCUT2D eigenvalue weighted by Crippen LogP contribution is -2.29. The summed E-state index contributed by atoms with van der Waals surface area (Å²) in [5, 5.41) is 11.9. The zero-order valence-electron chi connectivity index (χ0n) is 20.1. The van der Waals surface area contributed by atoms with Crippen molar-refractivity contribution < 1.29 is 29.0 Å². The molecule has 4 rings (SSSR count). The number of aliphatic hydroxyl groups is 1. The fourth-order valence-corrected chi connectivity index (χ4v) is 5.22. The molecule has 1 N–H and O–H groups in total. The number of aryl methyl sites for hydroxylation is 1. The van der Waals surface area contributed by atoms with Crippen LogP contribution in [0.25, 0.3) is 5.76 Å². The van der Waals surface area contributed by atoms with Crippen molar-refractivity contribution in [1.29, 1.82) is 0 Å². The predicted molar refractivity (Wildman–Crippen MR) is 142 cm³/mol. The smallest absolute Gasteiger partial charge is 0.350 e. The number of ether oxygens (including phenoxy) is 2. The molecule has 8 nitrogen and oxygen atoms in total. The second-order valence-electron chi connectivity index (χ2n) is 8.12. The first-order valence-electron chi connectivity index (χ1n) is 11.2. The lowest BCUT2D eigenvalue weighted by molar-refractivity contribution is -0.132. The van der Waals surface area contributed by atoms with Crippen molar-refractivity contribution in [3.63, 3.8) is 0 Å². The first-order valence-corrected chi connectivity index (χ1v) is 12.8. The SMILES string of the molecule is CCCOc1cccc(C(O)=C2C(=O)C(=O)N(c3nc(C)c(C(=O)OC)s3)C2c2ccc(Cl)c(Cl)c2)c1. The number of aliphatic hydroxyl groups excluding tert-OH is 1. The van der Waals surface area contributed by atoms with Gasteiger partial charge in [0.05, 0.1) is 41.1 Å². The molecule has 3 aromatic rings. The van der Waals surface area contributed by atoms with Gasteiger partial charge in [0.15, 0.2) is 5.13 Å². The van der Waals surface area contributed by atoms with Crippen molar-refractivity contribution in [2.75, 3.05) is 18.6 Å². The number of hydrogen-bond donors (Lipinski definition) is 1. The molecule has 0 saturated carbocycles. The highest BCUT2D eigenvalue weighted by Crippen LogP contribution is 2.45. The number of aromatic nitrogens is 1. The number of methoxy groups -OCH3 is 1. The van der Waals surface area contributed by atoms with Crippen LogP contribution in [0.15, 0.2) is 48.0 Å². The van der Waals surface area contributed by atoms with Crippen molar-refractivity contribution in [3.8, 4) is 5.75 Å². The minimum absolute atomic E-state index is 0.0927. The third-order valence-corrected chi connectivity index (χ3v) is 7.52. The van der Waals surface area contributed by atoms with E-state index in [9.17, 15) is 19.5 Å². The second kappa shape index (κ2) is 10.9. The molecular weight excluding hydrogens is 539 g/mol. The Balaban J connectivity index is 1.92. The van der Waals surface area contributed by atoms with E-state index in [-0.39, 0.29) is 31.4 Å². The number of amides is 1. The molecule has 11 heteroatoms. The second-order valence-corrected chi connectivity index (χ2v) is 9.91. The predicted octanol–water partition coefficient (Wildman–Crippen LogP) is 5.96. The van der Waals surface area contributed by atoms with Crippen LogP contribution >= 0.6 is 34.5 Å². The van der Waals surface area contributed by atoms with E-state index < -0.39 is 23.7 Å². The fraction of sp³-hybridized carbons (Fsp3) is 0.231. The Morgan fingerprint density at radius 1 is 1.16 bits per heavy atom. The van der Waals surface area contributed by atoms with Gasteiger partial charge in [0, 0.05) is 5.56 Å². The highest BCUT2D eigenvalue weighted by Gasteiger charge is 2.48. The Kier molecular flexibility index (Phi) is 7.87. The average molecular weight is 561 g/mol. The molecule has 0 spiro atoms. The van der Waals surface area contributed by atoms with Gasteiger partial charge in [0.1, 0.15) is 16.4 Å². The van der Waals surface area contributed by atoms with Crippen molar-refractivity contribution in [2.24, 2.45) is 0 Å². The molecule has 0 radical (unpaired) electrons. The van der Waals surface area contributed by atoms with Gasteiger partial charge in [-0.15, -0.1) is 0 Å². The first-order chi connectivity index (χ1) is 17.7. The number of anilines is 1. The van der Waals surface area contributed by atoms with Crippen LogP contribution in [-0.4, -0.2) is 41.5 Å². The Bertz CT molecular complexity index is 1430. The van der Waals surface area contributed by atoms with Gasteiger partial charge >= 0.3 is 11.9 Å². The topological polar surface area (TPSA) is 106 Å². The number of ketones is 1. The monoisotopic (exact) mass is 560 g/mol. The Hall–Kier alpha value is -3.40. The summed E-state index contributed by atoms with van der Waals surface area (Å²) >= 11 is 13.3. The number of esters is 1. The number of carbonyl (C=O) groups is 3. The normalized spacial score (nSPS) is 16.8. The highest BCUT2D eigenvalue weighted by molar-refractivity contribution is 7.17. The lowest BCUT2D eigenvalue weighted by atomic mass is 9.95. The molecule has 1 saturated heterocycles. The van der Waals surface area contributed by atoms with Gasteiger partial charge in [0.2, 0.25) is 0 Å². The Morgan fingerprint density at radius 2 is 1.92 bits per heavy atom. The summed E-state index contributed by atoms with van der Waals surface area (Å²) in [5.41, 5.74) is 0.883. The maximum absolute atomic E-state index is 13.4. The van der Waals surface area contributed by atoms with Crippen molar-refractivity contribution in [1.82, 2.24) is 4.98 Å². The molecule has 0 bridgehead atoms. The summed E-state index contributed by atoms with van der Waals surface area (Å²) in [4.78, 5) is 44.6. The summed E-state index contributed by atoms with van der Waals surface area (Å²) < 4.78 is 10.5. The maximum atomic E-state index is 13.4. The number of nitrogens with zero attached hydrogens (tertiary/aromatic N) is 2. The van der Waals surface area contributed by atoms with E-state index in [1.54, 1.807) is 37.3 Å². The molecule has 2 heterocycles. The van der Waals surface area contributed by atoms with Crippen molar-refractivity contribution >= 4 is 63.1 Å². The van der Waals surface area contributed by atoms with Gasteiger partial charge in [-0.1, -0.05) is 59.7 Å². The molecule has 37 heavy (non-hydrogen) atoms. The molecule has 1 unspecified atom stereocenters. The van der Waals surface area contributed by atoms with Crippen LogP contribution in [0.2, 0.25) is 10.0 Å². The quantitative estimate of drug-likeness (QED) is 0.164. The molecule has 2 aromatic carbocycles. The third kappa shape index (κ3) is 5.07. The number of carbonyl (C=O) groups excluding carboxylic acids is 3. The lowest BCUT2D eigenvalue weighted by Gasteiger charge is -2.23. The number of benzene rings is 2. The highest BCUT2D eigenvalue weighted by atomic mass is 35.5. The first kappa shape index (κ1) is 26.7. The number of Topliss-reactive ketones (excluding diaryl/α,β-unsaturated/α-hetero) is 1. The third-order valence-electron chi connectivity index (χ3n) is 5.65. The van der Waals surface area contributed by atoms with Crippen molar-refractivity contribution in [2.45, 2.75) is 26.3 Å². The molecule has 0 aliphatic carbocycles. The van der Waals surface area contributed by atoms with Gasteiger partial charge in [0.25, 0.3) is 5.78 Å². The molecule has 192 valence electrons. The van der Waals surface area contributed by atoms with E-state index in [1.807, 2.05) is 6.92 Å². The molecular formula is C26H22Cl2N2O6S. The minimum atomic E-state index is -1.09. The Morgan fingerprint density at radius 3 is 2.59 bits per heavy atom. The number of rotatable bonds is 7. The largest absolute Gasteiger partial charge is 0.507 e. The summed E-state index contributed by atoms with van der Waals surface area (Å²) in [7, 11) is 1.24. The van der Waals surface area contributed by atoms with Gasteiger partial charge < -0.3 is 14.6 Å². The zero-order valence-corrected chi connectivity index (χ0v) is 22.4. The standard InChI is InChI=1S/C26H22Cl2N2O6S/c1-4-10-36-16-7-5-6-15(11-16)21(31)19-20(14-8-9-17(27)18(28)12-14)30(24(33)22(19)32)26-29-13(2)23(37-26)25(34)35-3/h5-9,11-12,20,31H,4,10H2,1-3H3. The van der Waals surface area contributed by atoms with Crippen LogP contribution in [0.5, 0.6) is 5.75 Å². The minimum Gasteiger partial charge on any atom is -0.507 e. The number of thiazole rings is 1. The van der Waals surface area contributed by atoms with Gasteiger partial charge in [-0.25, -0.2) is 9.78 Å². The molecule has 1 aliphatic heterocycles. The van der Waals surface area contributed by atoms with Gasteiger partial charge in [-0.3, -0.25) is 14.5 Å². The number of hydrogen-bond acceptors (Lipinski definition) is 8. The zero-order chi connectivity index (χ0) is 26.9. The summed E-state index contributed by atoms with van der Waals surface area (Å²) in [6, 6.07) is 10.2. The maximum Gasteiger partial charge on any atom is 0.350 e. The van der Waals surface area contributed by atoms with Gasteiger partial charge in [-0.2, -0.15) is 0 Å². The summed E-state index contributed by atoms with van der Waals surface area (Å²) in [5.74, 6) is -2.33. The van der Waals surface area contributed by atoms with Crippen LogP contribution in [-0.2, 0) is 14.3 Å².